The second-order valence-electron chi connectivity index (χ2n) is 8.91. The van der Waals surface area contributed by atoms with Gasteiger partial charge in [0.25, 0.3) is 0 Å². The van der Waals surface area contributed by atoms with Crippen LogP contribution < -0.4 is 0 Å². The number of halogens is 1. The Morgan fingerprint density at radius 1 is 1.06 bits per heavy atom. The zero-order chi connectivity index (χ0) is 23.0. The van der Waals surface area contributed by atoms with Gasteiger partial charge in [-0.15, -0.1) is 0 Å². The lowest BCUT2D eigenvalue weighted by Crippen LogP contribution is -2.20. The molecule has 2 rings (SSSR count). The predicted molar refractivity (Wildman–Crippen MR) is 124 cm³/mol. The maximum absolute atomic E-state index is 14.3. The number of hydrogen-bond donors (Lipinski definition) is 1. The third-order valence-corrected chi connectivity index (χ3v) is 6.45. The maximum Gasteiger partial charge on any atom is 0.305 e. The molecule has 0 amide bonds. The molecule has 3 unspecified atom stereocenters. The van der Waals surface area contributed by atoms with E-state index in [9.17, 15) is 14.3 Å². The summed E-state index contributed by atoms with van der Waals surface area (Å²) in [4.78, 5) is 11.7. The first-order chi connectivity index (χ1) is 14.7. The summed E-state index contributed by atoms with van der Waals surface area (Å²) in [6.07, 6.45) is 3.08. The van der Waals surface area contributed by atoms with Crippen molar-refractivity contribution in [2.75, 3.05) is 6.61 Å². The van der Waals surface area contributed by atoms with Crippen molar-refractivity contribution in [1.82, 2.24) is 0 Å². The fourth-order valence-electron chi connectivity index (χ4n) is 4.40. The SMILES string of the molecule is CCCC(=O)OCC(C)CCC(C(C)c1cc(O)cc(F)c1C)[C@@H](C)c1ccccc1. The van der Waals surface area contributed by atoms with E-state index in [4.69, 9.17) is 4.74 Å². The zero-order valence-electron chi connectivity index (χ0n) is 19.5. The molecule has 2 aromatic carbocycles. The molecule has 4 atom stereocenters. The van der Waals surface area contributed by atoms with Crippen LogP contribution in [0.25, 0.3) is 0 Å². The van der Waals surface area contributed by atoms with Crippen LogP contribution in [0.4, 0.5) is 4.39 Å². The Balaban J connectivity index is 2.20. The lowest BCUT2D eigenvalue weighted by atomic mass is 9.73. The molecule has 0 radical (unpaired) electrons. The van der Waals surface area contributed by atoms with Crippen molar-refractivity contribution in [3.63, 3.8) is 0 Å². The molecular formula is C27H37FO3. The number of ether oxygens (including phenoxy) is 1. The Labute approximate surface area is 186 Å². The standard InChI is InChI=1S/C27H37FO3/c1-6-10-27(30)31-17-18(2)13-14-24(19(3)22-11-8-7-9-12-22)20(4)25-15-23(29)16-26(28)21(25)5/h7-9,11-12,15-16,18-20,24,29H,6,10,13-14,17H2,1-5H3/t18?,19-,20?,24?/m0/s1. The van der Waals surface area contributed by atoms with Crippen molar-refractivity contribution in [2.45, 2.75) is 72.1 Å². The van der Waals surface area contributed by atoms with E-state index in [1.807, 2.05) is 25.1 Å². The van der Waals surface area contributed by atoms with E-state index in [0.717, 1.165) is 24.8 Å². The molecule has 170 valence electrons. The lowest BCUT2D eigenvalue weighted by molar-refractivity contribution is -0.145. The van der Waals surface area contributed by atoms with E-state index in [2.05, 4.69) is 32.9 Å². The van der Waals surface area contributed by atoms with Crippen molar-refractivity contribution < 1.29 is 19.0 Å². The number of carbonyl (C=O) groups is 1. The highest BCUT2D eigenvalue weighted by atomic mass is 19.1. The Morgan fingerprint density at radius 3 is 2.39 bits per heavy atom. The first-order valence-corrected chi connectivity index (χ1v) is 11.4. The van der Waals surface area contributed by atoms with Gasteiger partial charge in [-0.05, 0) is 72.6 Å². The third-order valence-electron chi connectivity index (χ3n) is 6.45. The van der Waals surface area contributed by atoms with Gasteiger partial charge in [-0.2, -0.15) is 0 Å². The lowest BCUT2D eigenvalue weighted by Gasteiger charge is -2.32. The van der Waals surface area contributed by atoms with Gasteiger partial charge in [-0.25, -0.2) is 4.39 Å². The normalized spacial score (nSPS) is 15.2. The van der Waals surface area contributed by atoms with E-state index < -0.39 is 0 Å². The van der Waals surface area contributed by atoms with Crippen LogP contribution >= 0.6 is 0 Å². The van der Waals surface area contributed by atoms with Crippen LogP contribution in [0.3, 0.4) is 0 Å². The predicted octanol–water partition coefficient (Wildman–Crippen LogP) is 7.12. The average Bonchev–Trinajstić information content (AvgIpc) is 2.75. The smallest absolute Gasteiger partial charge is 0.305 e. The molecule has 0 aliphatic carbocycles. The highest BCUT2D eigenvalue weighted by Crippen LogP contribution is 2.41. The number of carbonyl (C=O) groups excluding carboxylic acids is 1. The number of esters is 1. The Hall–Kier alpha value is -2.36. The maximum atomic E-state index is 14.3. The van der Waals surface area contributed by atoms with Crippen LogP contribution in [-0.4, -0.2) is 17.7 Å². The number of phenols is 1. The van der Waals surface area contributed by atoms with Gasteiger partial charge in [0.05, 0.1) is 6.61 Å². The van der Waals surface area contributed by atoms with E-state index in [1.54, 1.807) is 13.0 Å². The van der Waals surface area contributed by atoms with Gasteiger partial charge in [0, 0.05) is 12.5 Å². The first-order valence-electron chi connectivity index (χ1n) is 11.4. The van der Waals surface area contributed by atoms with Gasteiger partial charge in [0.1, 0.15) is 11.6 Å². The molecule has 31 heavy (non-hydrogen) atoms. The molecule has 0 bridgehead atoms. The zero-order valence-corrected chi connectivity index (χ0v) is 19.5. The Morgan fingerprint density at radius 2 is 1.74 bits per heavy atom. The quantitative estimate of drug-likeness (QED) is 0.388. The minimum absolute atomic E-state index is 0.0349. The highest BCUT2D eigenvalue weighted by Gasteiger charge is 2.28. The molecular weight excluding hydrogens is 391 g/mol. The summed E-state index contributed by atoms with van der Waals surface area (Å²) in [7, 11) is 0. The summed E-state index contributed by atoms with van der Waals surface area (Å²) >= 11 is 0. The van der Waals surface area contributed by atoms with Crippen molar-refractivity contribution in [3.05, 3.63) is 65.0 Å². The number of rotatable bonds is 11. The van der Waals surface area contributed by atoms with Crippen molar-refractivity contribution in [3.8, 4) is 5.75 Å². The first kappa shape index (κ1) is 24.9. The number of hydrogen-bond acceptors (Lipinski definition) is 3. The van der Waals surface area contributed by atoms with Crippen LogP contribution in [0.5, 0.6) is 5.75 Å². The van der Waals surface area contributed by atoms with E-state index in [0.29, 0.717) is 18.6 Å². The number of phenolic OH excluding ortho intramolecular Hbond substituents is 1. The van der Waals surface area contributed by atoms with Crippen LogP contribution in [0.2, 0.25) is 0 Å². The van der Waals surface area contributed by atoms with Crippen LogP contribution in [0.15, 0.2) is 42.5 Å². The van der Waals surface area contributed by atoms with Gasteiger partial charge in [0.15, 0.2) is 0 Å². The Bertz CT molecular complexity index is 834. The van der Waals surface area contributed by atoms with E-state index in [-0.39, 0.29) is 41.2 Å². The molecule has 0 saturated carbocycles. The molecule has 0 heterocycles. The fourth-order valence-corrected chi connectivity index (χ4v) is 4.40. The molecule has 2 aromatic rings. The average molecular weight is 429 g/mol. The molecule has 0 fully saturated rings. The van der Waals surface area contributed by atoms with Gasteiger partial charge >= 0.3 is 5.97 Å². The van der Waals surface area contributed by atoms with Crippen LogP contribution in [-0.2, 0) is 9.53 Å². The minimum Gasteiger partial charge on any atom is -0.508 e. The molecule has 0 aliphatic heterocycles. The molecule has 1 N–H and O–H groups in total. The molecule has 0 aliphatic rings. The van der Waals surface area contributed by atoms with Crippen molar-refractivity contribution in [2.24, 2.45) is 11.8 Å². The topological polar surface area (TPSA) is 46.5 Å². The monoisotopic (exact) mass is 428 g/mol. The number of benzene rings is 2. The summed E-state index contributed by atoms with van der Waals surface area (Å²) in [5.41, 5.74) is 2.70. The van der Waals surface area contributed by atoms with Gasteiger partial charge < -0.3 is 9.84 Å². The second-order valence-corrected chi connectivity index (χ2v) is 8.91. The van der Waals surface area contributed by atoms with Crippen molar-refractivity contribution >= 4 is 5.97 Å². The van der Waals surface area contributed by atoms with Crippen LogP contribution in [0, 0.1) is 24.6 Å². The molecule has 0 spiro atoms. The summed E-state index contributed by atoms with van der Waals surface area (Å²) in [5, 5.41) is 10.00. The van der Waals surface area contributed by atoms with Crippen LogP contribution in [0.1, 0.15) is 81.9 Å². The largest absolute Gasteiger partial charge is 0.508 e. The summed E-state index contributed by atoms with van der Waals surface area (Å²) in [6, 6.07) is 13.2. The minimum atomic E-state index is -0.371. The van der Waals surface area contributed by atoms with E-state index in [1.165, 1.54) is 11.6 Å². The third kappa shape index (κ3) is 7.09. The summed E-state index contributed by atoms with van der Waals surface area (Å²) in [5.74, 6) is 0.276. The summed E-state index contributed by atoms with van der Waals surface area (Å²) < 4.78 is 19.7. The van der Waals surface area contributed by atoms with Gasteiger partial charge in [-0.3, -0.25) is 4.79 Å². The second kappa shape index (κ2) is 11.9. The Kier molecular flexibility index (Phi) is 9.54. The molecule has 0 aromatic heterocycles. The number of aromatic hydroxyl groups is 1. The molecule has 0 saturated heterocycles. The highest BCUT2D eigenvalue weighted by molar-refractivity contribution is 5.69. The van der Waals surface area contributed by atoms with Crippen molar-refractivity contribution in [1.29, 1.82) is 0 Å². The fraction of sp³-hybridized carbons (Fsp3) is 0.519. The van der Waals surface area contributed by atoms with Gasteiger partial charge in [0.2, 0.25) is 0 Å². The summed E-state index contributed by atoms with van der Waals surface area (Å²) in [6.45, 7) is 10.6. The van der Waals surface area contributed by atoms with E-state index >= 15 is 0 Å². The molecule has 3 nitrogen and oxygen atoms in total. The molecule has 4 heteroatoms. The van der Waals surface area contributed by atoms with Gasteiger partial charge in [-0.1, -0.05) is 58.0 Å².